The van der Waals surface area contributed by atoms with Gasteiger partial charge in [0.05, 0.1) is 4.90 Å². The third-order valence-corrected chi connectivity index (χ3v) is 4.89. The summed E-state index contributed by atoms with van der Waals surface area (Å²) in [4.78, 5) is 11.5. The first-order chi connectivity index (χ1) is 11.6. The molecular weight excluding hydrogens is 395 g/mol. The molecule has 1 amide bonds. The van der Waals surface area contributed by atoms with Crippen LogP contribution in [0, 0.1) is 0 Å². The van der Waals surface area contributed by atoms with Crippen LogP contribution in [0.4, 0.5) is 13.2 Å². The molecule has 0 bridgehead atoms. The Balaban J connectivity index is 0.00000625. The Kier molecular flexibility index (Phi) is 10.1. The van der Waals surface area contributed by atoms with Crippen molar-refractivity contribution >= 4 is 28.3 Å². The number of carbonyl (C=O) groups excluding carboxylic acids is 1. The van der Waals surface area contributed by atoms with Crippen molar-refractivity contribution in [3.05, 3.63) is 29.8 Å². The average molecular weight is 418 g/mol. The second-order valence-corrected chi connectivity index (χ2v) is 7.24. The van der Waals surface area contributed by atoms with Gasteiger partial charge in [-0.15, -0.1) is 12.4 Å². The van der Waals surface area contributed by atoms with E-state index in [2.05, 4.69) is 4.72 Å². The quantitative estimate of drug-likeness (QED) is 0.573. The number of rotatable bonds is 9. The zero-order valence-corrected chi connectivity index (χ0v) is 15.8. The lowest BCUT2D eigenvalue weighted by atomic mass is 10.1. The van der Waals surface area contributed by atoms with Crippen LogP contribution in [0.3, 0.4) is 0 Å². The molecule has 1 atom stereocenters. The summed E-state index contributed by atoms with van der Waals surface area (Å²) in [5.74, 6) is -1.00. The van der Waals surface area contributed by atoms with Crippen molar-refractivity contribution < 1.29 is 26.4 Å². The van der Waals surface area contributed by atoms with Crippen molar-refractivity contribution in [2.45, 2.75) is 43.3 Å². The fourth-order valence-electron chi connectivity index (χ4n) is 2.05. The van der Waals surface area contributed by atoms with Crippen LogP contribution >= 0.6 is 12.4 Å². The van der Waals surface area contributed by atoms with E-state index in [1.165, 1.54) is 18.2 Å². The third-order valence-electron chi connectivity index (χ3n) is 3.37. The van der Waals surface area contributed by atoms with Gasteiger partial charge >= 0.3 is 6.18 Å². The number of nitrogens with one attached hydrogen (secondary N) is 2. The third kappa shape index (κ3) is 8.35. The molecule has 0 saturated heterocycles. The molecule has 1 aromatic rings. The summed E-state index contributed by atoms with van der Waals surface area (Å²) in [6.45, 7) is 0.587. The first-order valence-corrected chi connectivity index (χ1v) is 9.24. The number of amides is 1. The topological polar surface area (TPSA) is 101 Å². The zero-order chi connectivity index (χ0) is 19.1. The summed E-state index contributed by atoms with van der Waals surface area (Å²) in [6.07, 6.45) is -2.30. The maximum absolute atomic E-state index is 12.4. The average Bonchev–Trinajstić information content (AvgIpc) is 2.55. The van der Waals surface area contributed by atoms with Crippen LogP contribution in [0.2, 0.25) is 0 Å². The van der Waals surface area contributed by atoms with Crippen LogP contribution in [0.5, 0.6) is 0 Å². The van der Waals surface area contributed by atoms with Gasteiger partial charge in [0.1, 0.15) is 6.54 Å². The van der Waals surface area contributed by atoms with Gasteiger partial charge in [-0.1, -0.05) is 25.8 Å². The van der Waals surface area contributed by atoms with Gasteiger partial charge in [0, 0.05) is 18.2 Å². The van der Waals surface area contributed by atoms with Crippen LogP contribution in [0.25, 0.3) is 0 Å². The second-order valence-electron chi connectivity index (χ2n) is 5.52. The number of nitrogens with two attached hydrogens (primary N) is 1. The zero-order valence-electron chi connectivity index (χ0n) is 14.2. The smallest absolute Gasteiger partial charge is 0.343 e. The minimum absolute atomic E-state index is 0. The SMILES string of the molecule is CCCCC(CN)NS(=O)(=O)c1cccc(C(=O)NCC(F)(F)F)c1.Cl. The molecule has 6 nitrogen and oxygen atoms in total. The van der Waals surface area contributed by atoms with Gasteiger partial charge in [0.15, 0.2) is 0 Å². The first-order valence-electron chi connectivity index (χ1n) is 7.76. The van der Waals surface area contributed by atoms with Gasteiger partial charge in [0.2, 0.25) is 10.0 Å². The van der Waals surface area contributed by atoms with Crippen molar-refractivity contribution in [3.63, 3.8) is 0 Å². The molecule has 0 spiro atoms. The fraction of sp³-hybridized carbons (Fsp3) is 0.533. The van der Waals surface area contributed by atoms with E-state index in [9.17, 15) is 26.4 Å². The highest BCUT2D eigenvalue weighted by Crippen LogP contribution is 2.15. The maximum atomic E-state index is 12.4. The monoisotopic (exact) mass is 417 g/mol. The lowest BCUT2D eigenvalue weighted by Gasteiger charge is -2.17. The Labute approximate surface area is 157 Å². The largest absolute Gasteiger partial charge is 0.405 e. The molecule has 1 rings (SSSR count). The fourth-order valence-corrected chi connectivity index (χ4v) is 3.38. The Morgan fingerprint density at radius 1 is 1.31 bits per heavy atom. The van der Waals surface area contributed by atoms with E-state index in [-0.39, 0.29) is 29.4 Å². The molecule has 1 unspecified atom stereocenters. The van der Waals surface area contributed by atoms with Crippen LogP contribution in [-0.2, 0) is 10.0 Å². The molecule has 0 aromatic heterocycles. The maximum Gasteiger partial charge on any atom is 0.405 e. The standard InChI is InChI=1S/C15H22F3N3O3S.ClH/c1-2-3-6-12(9-19)21-25(23,24)13-7-4-5-11(8-13)14(22)20-10-15(16,17)18;/h4-5,7-8,12,21H,2-3,6,9-10,19H2,1H3,(H,20,22);1H. The molecule has 0 aliphatic rings. The Hall–Kier alpha value is -1.36. The van der Waals surface area contributed by atoms with Gasteiger partial charge in [-0.25, -0.2) is 13.1 Å². The predicted molar refractivity (Wildman–Crippen MR) is 94.8 cm³/mol. The van der Waals surface area contributed by atoms with E-state index < -0.39 is 34.7 Å². The number of sulfonamides is 1. The second kappa shape index (κ2) is 10.7. The van der Waals surface area contributed by atoms with E-state index in [1.54, 1.807) is 5.32 Å². The summed E-state index contributed by atoms with van der Waals surface area (Å²) >= 11 is 0. The van der Waals surface area contributed by atoms with Gasteiger partial charge in [-0.2, -0.15) is 13.2 Å². The number of carbonyl (C=O) groups is 1. The van der Waals surface area contributed by atoms with E-state index in [1.807, 2.05) is 6.92 Å². The highest BCUT2D eigenvalue weighted by atomic mass is 35.5. The van der Waals surface area contributed by atoms with E-state index in [4.69, 9.17) is 5.73 Å². The van der Waals surface area contributed by atoms with Crippen molar-refractivity contribution in [1.82, 2.24) is 10.0 Å². The van der Waals surface area contributed by atoms with Crippen molar-refractivity contribution in [2.24, 2.45) is 5.73 Å². The molecule has 4 N–H and O–H groups in total. The van der Waals surface area contributed by atoms with Crippen molar-refractivity contribution in [2.75, 3.05) is 13.1 Å². The number of benzene rings is 1. The summed E-state index contributed by atoms with van der Waals surface area (Å²) in [5.41, 5.74) is 5.38. The number of unbranched alkanes of at least 4 members (excludes halogenated alkanes) is 1. The number of hydrogen-bond donors (Lipinski definition) is 3. The Morgan fingerprint density at radius 3 is 2.50 bits per heavy atom. The molecule has 0 heterocycles. The normalized spacial score (nSPS) is 13.0. The summed E-state index contributed by atoms with van der Waals surface area (Å²) in [5, 5.41) is 1.70. The molecule has 0 aliphatic heterocycles. The molecule has 0 aliphatic carbocycles. The number of alkyl halides is 3. The first kappa shape index (κ1) is 24.6. The minimum Gasteiger partial charge on any atom is -0.343 e. The molecule has 1 aromatic carbocycles. The van der Waals surface area contributed by atoms with Gasteiger partial charge < -0.3 is 11.1 Å². The molecular formula is C15H23ClF3N3O3S. The molecule has 0 fully saturated rings. The van der Waals surface area contributed by atoms with Crippen molar-refractivity contribution in [3.8, 4) is 0 Å². The van der Waals surface area contributed by atoms with Crippen LogP contribution in [-0.4, -0.2) is 39.6 Å². The molecule has 150 valence electrons. The van der Waals surface area contributed by atoms with Crippen molar-refractivity contribution in [1.29, 1.82) is 0 Å². The Morgan fingerprint density at radius 2 is 1.96 bits per heavy atom. The molecule has 11 heteroatoms. The van der Waals surface area contributed by atoms with Gasteiger partial charge in [-0.05, 0) is 24.6 Å². The lowest BCUT2D eigenvalue weighted by Crippen LogP contribution is -2.40. The molecule has 0 radical (unpaired) electrons. The van der Waals surface area contributed by atoms with E-state index in [0.717, 1.165) is 18.9 Å². The summed E-state index contributed by atoms with van der Waals surface area (Å²) in [7, 11) is -3.93. The predicted octanol–water partition coefficient (Wildman–Crippen LogP) is 2.20. The van der Waals surface area contributed by atoms with Crippen LogP contribution in [0.1, 0.15) is 36.5 Å². The van der Waals surface area contributed by atoms with Gasteiger partial charge in [0.25, 0.3) is 5.91 Å². The molecule has 26 heavy (non-hydrogen) atoms. The summed E-state index contributed by atoms with van der Waals surface area (Å²) < 4.78 is 63.7. The minimum atomic E-state index is -4.55. The highest BCUT2D eigenvalue weighted by Gasteiger charge is 2.28. The van der Waals surface area contributed by atoms with Crippen LogP contribution in [0.15, 0.2) is 29.2 Å². The summed E-state index contributed by atoms with van der Waals surface area (Å²) in [6, 6.07) is 4.37. The Bertz CT molecular complexity index is 684. The molecule has 0 saturated carbocycles. The van der Waals surface area contributed by atoms with Gasteiger partial charge in [-0.3, -0.25) is 4.79 Å². The van der Waals surface area contributed by atoms with E-state index in [0.29, 0.717) is 6.42 Å². The lowest BCUT2D eigenvalue weighted by molar-refractivity contribution is -0.123. The van der Waals surface area contributed by atoms with Crippen LogP contribution < -0.4 is 15.8 Å². The number of hydrogen-bond acceptors (Lipinski definition) is 4. The number of halogens is 4. The van der Waals surface area contributed by atoms with E-state index >= 15 is 0 Å². The highest BCUT2D eigenvalue weighted by molar-refractivity contribution is 7.89.